The van der Waals surface area contributed by atoms with E-state index >= 15 is 0 Å². The lowest BCUT2D eigenvalue weighted by Gasteiger charge is -2.37. The minimum Gasteiger partial charge on any atom is -0.396 e. The lowest BCUT2D eigenvalue weighted by Crippen LogP contribution is -2.47. The molecule has 242 valence electrons. The molecule has 1 aliphatic rings. The molecule has 0 saturated carbocycles. The predicted molar refractivity (Wildman–Crippen MR) is 188 cm³/mol. The van der Waals surface area contributed by atoms with Crippen LogP contribution in [0.25, 0.3) is 21.8 Å². The summed E-state index contributed by atoms with van der Waals surface area (Å²) in [5.41, 5.74) is 5.72. The van der Waals surface area contributed by atoms with Crippen molar-refractivity contribution in [3.8, 4) is 6.07 Å². The van der Waals surface area contributed by atoms with E-state index in [1.165, 1.54) is 5.56 Å². The summed E-state index contributed by atoms with van der Waals surface area (Å²) in [7, 11) is 4.19. The zero-order valence-corrected chi connectivity index (χ0v) is 27.5. The summed E-state index contributed by atoms with van der Waals surface area (Å²) in [4.78, 5) is 25.8. The van der Waals surface area contributed by atoms with Crippen LogP contribution in [0.5, 0.6) is 0 Å². The number of carbonyl (C=O) groups excluding carboxylic acids is 1. The van der Waals surface area contributed by atoms with Gasteiger partial charge in [0.05, 0.1) is 35.8 Å². The van der Waals surface area contributed by atoms with Crippen LogP contribution >= 0.6 is 0 Å². The molecule has 0 unspecified atom stereocenters. The molecule has 2 heterocycles. The number of fused-ring (bicyclic) bond motifs is 2. The average molecular weight is 629 g/mol. The van der Waals surface area contributed by atoms with Crippen molar-refractivity contribution < 1.29 is 9.90 Å². The van der Waals surface area contributed by atoms with Crippen molar-refractivity contribution in [2.24, 2.45) is 7.05 Å². The zero-order chi connectivity index (χ0) is 32.8. The summed E-state index contributed by atoms with van der Waals surface area (Å²) >= 11 is 0. The van der Waals surface area contributed by atoms with Gasteiger partial charge in [0, 0.05) is 51.4 Å². The number of aromatic nitrogens is 2. The van der Waals surface area contributed by atoms with Crippen LogP contribution in [0.2, 0.25) is 0 Å². The summed E-state index contributed by atoms with van der Waals surface area (Å²) in [5.74, 6) is 1.07. The summed E-state index contributed by atoms with van der Waals surface area (Å²) in [6.07, 6.45) is 4.43. The van der Waals surface area contributed by atoms with Crippen LogP contribution in [0.4, 0.5) is 5.69 Å². The highest BCUT2D eigenvalue weighted by Gasteiger charge is 2.26. The molecule has 0 radical (unpaired) electrons. The van der Waals surface area contributed by atoms with E-state index in [1.54, 1.807) is 0 Å². The molecule has 1 fully saturated rings. The zero-order valence-electron chi connectivity index (χ0n) is 27.5. The van der Waals surface area contributed by atoms with Gasteiger partial charge in [0.15, 0.2) is 0 Å². The number of aliphatic hydroxyl groups is 1. The van der Waals surface area contributed by atoms with Gasteiger partial charge < -0.3 is 19.5 Å². The van der Waals surface area contributed by atoms with E-state index in [4.69, 9.17) is 10.2 Å². The van der Waals surface area contributed by atoms with E-state index < -0.39 is 0 Å². The molecule has 0 bridgehead atoms. The maximum atomic E-state index is 14.2. The van der Waals surface area contributed by atoms with E-state index in [1.807, 2.05) is 42.3 Å². The van der Waals surface area contributed by atoms with E-state index in [0.29, 0.717) is 24.7 Å². The fraction of sp³-hybridized carbons (Fsp3) is 0.359. The number of likely N-dealkylation sites (tertiary alicyclic amines) is 1. The molecular formula is C39H44N6O2. The van der Waals surface area contributed by atoms with Crippen LogP contribution in [0, 0.1) is 11.3 Å². The Morgan fingerprint density at radius 1 is 1.00 bits per heavy atom. The Morgan fingerprint density at radius 2 is 1.77 bits per heavy atom. The normalized spacial score (nSPS) is 14.2. The number of nitrogens with zero attached hydrogens (tertiary/aromatic N) is 6. The van der Waals surface area contributed by atoms with Gasteiger partial charge in [0.2, 0.25) is 5.91 Å². The molecule has 5 aromatic rings. The number of aliphatic hydroxyl groups excluding tert-OH is 1. The molecule has 8 nitrogen and oxygen atoms in total. The molecule has 1 aromatic heterocycles. The van der Waals surface area contributed by atoms with Crippen LogP contribution < -0.4 is 4.90 Å². The van der Waals surface area contributed by atoms with Crippen LogP contribution in [0.15, 0.2) is 84.9 Å². The quantitative estimate of drug-likeness (QED) is 0.191. The first-order valence-corrected chi connectivity index (χ1v) is 16.7. The number of hydrogen-bond acceptors (Lipinski definition) is 6. The Balaban J connectivity index is 1.23. The van der Waals surface area contributed by atoms with Gasteiger partial charge in [-0.1, -0.05) is 54.6 Å². The Bertz CT molecular complexity index is 1860. The van der Waals surface area contributed by atoms with Gasteiger partial charge in [-0.3, -0.25) is 9.69 Å². The molecule has 47 heavy (non-hydrogen) atoms. The molecule has 6 rings (SSSR count). The number of rotatable bonds is 12. The van der Waals surface area contributed by atoms with Crippen LogP contribution in [0.1, 0.15) is 41.8 Å². The van der Waals surface area contributed by atoms with Crippen molar-refractivity contribution in [1.29, 1.82) is 5.26 Å². The van der Waals surface area contributed by atoms with Crippen molar-refractivity contribution in [2.45, 2.75) is 44.7 Å². The monoisotopic (exact) mass is 628 g/mol. The van der Waals surface area contributed by atoms with Crippen LogP contribution in [-0.4, -0.2) is 76.2 Å². The second-order valence-corrected chi connectivity index (χ2v) is 12.8. The number of benzene rings is 4. The highest BCUT2D eigenvalue weighted by Crippen LogP contribution is 2.28. The van der Waals surface area contributed by atoms with E-state index in [-0.39, 0.29) is 12.5 Å². The molecule has 4 aromatic carbocycles. The van der Waals surface area contributed by atoms with Crippen molar-refractivity contribution in [1.82, 2.24) is 19.4 Å². The van der Waals surface area contributed by atoms with E-state index in [9.17, 15) is 9.90 Å². The SMILES string of the molecule is CN(CCCO)C1CCN(CC(=O)N(Cc2cccc3ccccc23)c2ccc3c(c2)nc(CCc2ccc(C#N)cc2)n3C)CC1. The van der Waals surface area contributed by atoms with E-state index in [0.717, 1.165) is 90.6 Å². The molecule has 1 saturated heterocycles. The van der Waals surface area contributed by atoms with Crippen molar-refractivity contribution in [3.63, 3.8) is 0 Å². The molecule has 0 atom stereocenters. The van der Waals surface area contributed by atoms with Gasteiger partial charge >= 0.3 is 0 Å². The first-order valence-electron chi connectivity index (χ1n) is 16.7. The van der Waals surface area contributed by atoms with Gasteiger partial charge in [-0.2, -0.15) is 5.26 Å². The molecule has 0 spiro atoms. The molecule has 1 aliphatic heterocycles. The Labute approximate surface area is 277 Å². The number of hydrogen-bond donors (Lipinski definition) is 1. The Morgan fingerprint density at radius 3 is 2.53 bits per heavy atom. The number of anilines is 1. The Kier molecular flexibility index (Phi) is 10.3. The third-order valence-corrected chi connectivity index (χ3v) is 9.71. The lowest BCUT2D eigenvalue weighted by atomic mass is 10.0. The topological polar surface area (TPSA) is 88.6 Å². The number of piperidine rings is 1. The number of nitriles is 1. The second kappa shape index (κ2) is 14.9. The third kappa shape index (κ3) is 7.55. The van der Waals surface area contributed by atoms with Crippen LogP contribution in [-0.2, 0) is 31.2 Å². The van der Waals surface area contributed by atoms with Gasteiger partial charge in [0.1, 0.15) is 5.82 Å². The maximum absolute atomic E-state index is 14.2. The van der Waals surface area contributed by atoms with Crippen LogP contribution in [0.3, 0.4) is 0 Å². The fourth-order valence-electron chi connectivity index (χ4n) is 6.85. The second-order valence-electron chi connectivity index (χ2n) is 12.8. The highest BCUT2D eigenvalue weighted by molar-refractivity contribution is 5.97. The number of carbonyl (C=O) groups is 1. The highest BCUT2D eigenvalue weighted by atomic mass is 16.3. The number of aryl methyl sites for hydroxylation is 3. The standard InChI is InChI=1S/C39H44N6O2/c1-42(21-6-24-46)33-19-22-44(23-20-33)28-39(47)45(27-32-9-5-8-31-7-3-4-10-35(31)32)34-16-17-37-36(25-34)41-38(43(37)2)18-15-29-11-13-30(26-40)14-12-29/h3-5,7-14,16-17,25,33,46H,6,15,18-24,27-28H2,1-2H3. The van der Waals surface area contributed by atoms with Gasteiger partial charge in [0.25, 0.3) is 0 Å². The van der Waals surface area contributed by atoms with Crippen molar-refractivity contribution in [2.75, 3.05) is 44.7 Å². The Hall–Kier alpha value is -4.55. The molecule has 1 N–H and O–H groups in total. The molecule has 8 heteroatoms. The minimum atomic E-state index is 0.0846. The van der Waals surface area contributed by atoms with Gasteiger partial charge in [-0.25, -0.2) is 4.98 Å². The lowest BCUT2D eigenvalue weighted by molar-refractivity contribution is -0.120. The predicted octanol–water partition coefficient (Wildman–Crippen LogP) is 5.70. The fourth-order valence-corrected chi connectivity index (χ4v) is 6.85. The molecule has 1 amide bonds. The first-order chi connectivity index (χ1) is 22.9. The number of imidazole rings is 1. The summed E-state index contributed by atoms with van der Waals surface area (Å²) in [5, 5.41) is 20.7. The minimum absolute atomic E-state index is 0.0846. The average Bonchev–Trinajstić information content (AvgIpc) is 3.43. The molecular weight excluding hydrogens is 584 g/mol. The van der Waals surface area contributed by atoms with E-state index in [2.05, 4.69) is 82.1 Å². The van der Waals surface area contributed by atoms with Gasteiger partial charge in [-0.05, 0) is 85.0 Å². The largest absolute Gasteiger partial charge is 0.396 e. The third-order valence-electron chi connectivity index (χ3n) is 9.71. The molecule has 0 aliphatic carbocycles. The van der Waals surface area contributed by atoms with Crippen molar-refractivity contribution in [3.05, 3.63) is 107 Å². The van der Waals surface area contributed by atoms with Gasteiger partial charge in [-0.15, -0.1) is 0 Å². The number of amides is 1. The van der Waals surface area contributed by atoms with Crippen molar-refractivity contribution >= 4 is 33.4 Å². The first kappa shape index (κ1) is 32.4. The smallest absolute Gasteiger partial charge is 0.241 e. The maximum Gasteiger partial charge on any atom is 0.241 e. The summed E-state index contributed by atoms with van der Waals surface area (Å²) in [6.45, 7) is 3.71. The summed E-state index contributed by atoms with van der Waals surface area (Å²) in [6, 6.07) is 31.3. The summed E-state index contributed by atoms with van der Waals surface area (Å²) < 4.78 is 2.14.